The number of nitrogens with zero attached hydrogens (tertiary/aromatic N) is 2. The van der Waals surface area contributed by atoms with Crippen molar-refractivity contribution in [2.75, 3.05) is 6.54 Å². The third-order valence-electron chi connectivity index (χ3n) is 3.69. The molecule has 2 rings (SSSR count). The van der Waals surface area contributed by atoms with Gasteiger partial charge in [-0.15, -0.1) is 0 Å². The monoisotopic (exact) mass is 437 g/mol. The Bertz CT molecular complexity index is 772. The van der Waals surface area contributed by atoms with Gasteiger partial charge in [-0.05, 0) is 42.4 Å². The lowest BCUT2D eigenvalue weighted by Gasteiger charge is -2.08. The molecule has 30 heavy (non-hydrogen) atoms. The van der Waals surface area contributed by atoms with E-state index in [1.807, 2.05) is 5.41 Å². The Labute approximate surface area is 177 Å². The number of nitriles is 1. The Morgan fingerprint density at radius 1 is 1.40 bits per heavy atom. The van der Waals surface area contributed by atoms with Gasteiger partial charge in [-0.1, -0.05) is 11.8 Å². The zero-order valence-electron chi connectivity index (χ0n) is 16.0. The highest BCUT2D eigenvalue weighted by Crippen LogP contribution is 2.13. The molecule has 1 unspecified atom stereocenters. The molecule has 0 radical (unpaired) electrons. The summed E-state index contributed by atoms with van der Waals surface area (Å²) in [6.45, 7) is 0.360. The van der Waals surface area contributed by atoms with Crippen LogP contribution in [0.1, 0.15) is 24.8 Å². The predicted molar refractivity (Wildman–Crippen MR) is 110 cm³/mol. The van der Waals surface area contributed by atoms with Gasteiger partial charge in [0.2, 0.25) is 0 Å². The fraction of sp³-hybridized carbons (Fsp3) is 0.389. The standard InChI is InChI=1S/C14H19N3O6.C4H4N2S/c15-12(13(18)19)3-1-2-8-16-14(20)23-9-10-4-6-11(7-5-10)17(21)22;5-3-4-6-1-2-7-4/h4-7,12H,1-3,8-9,15H2,(H,16,20)(H,18,19);1-2,4,6H/t12-;/m0./s1. The molecular weight excluding hydrogens is 414 g/mol. The maximum Gasteiger partial charge on any atom is 0.407 e. The van der Waals surface area contributed by atoms with Crippen LogP contribution in [0.2, 0.25) is 0 Å². The van der Waals surface area contributed by atoms with Crippen LogP contribution in [0, 0.1) is 21.4 Å². The molecule has 12 heteroatoms. The Kier molecular flexibility index (Phi) is 11.4. The molecule has 1 aliphatic rings. The summed E-state index contributed by atoms with van der Waals surface area (Å²) in [6, 6.07) is 6.86. The summed E-state index contributed by atoms with van der Waals surface area (Å²) < 4.78 is 4.96. The molecule has 1 aromatic rings. The van der Waals surface area contributed by atoms with Crippen LogP contribution in [-0.4, -0.2) is 40.1 Å². The predicted octanol–water partition coefficient (Wildman–Crippen LogP) is 2.05. The molecule has 2 atom stereocenters. The number of carbonyl (C=O) groups is 2. The number of benzene rings is 1. The number of thioether (sulfide) groups is 1. The number of ether oxygens (including phenoxy) is 1. The molecule has 0 spiro atoms. The Morgan fingerprint density at radius 2 is 2.10 bits per heavy atom. The molecule has 0 fully saturated rings. The number of carbonyl (C=O) groups excluding carboxylic acids is 1. The van der Waals surface area contributed by atoms with E-state index in [1.165, 1.54) is 36.0 Å². The Hall–Kier alpha value is -3.30. The molecule has 1 heterocycles. The number of carboxylic acid groups (broad SMARTS) is 1. The summed E-state index contributed by atoms with van der Waals surface area (Å²) in [6.07, 6.45) is 2.68. The number of non-ortho nitro benzene ring substituents is 1. The van der Waals surface area contributed by atoms with Gasteiger partial charge in [0, 0.05) is 24.9 Å². The number of carboxylic acids is 1. The van der Waals surface area contributed by atoms with E-state index >= 15 is 0 Å². The van der Waals surface area contributed by atoms with Crippen LogP contribution in [0.3, 0.4) is 0 Å². The number of amides is 1. The molecule has 1 aliphatic heterocycles. The number of nitrogens with one attached hydrogen (secondary N) is 2. The maximum atomic E-state index is 11.4. The normalized spacial score (nSPS) is 15.0. The average molecular weight is 437 g/mol. The van der Waals surface area contributed by atoms with Gasteiger partial charge in [0.15, 0.2) is 5.37 Å². The molecule has 0 saturated heterocycles. The minimum absolute atomic E-state index is 0.00765. The number of hydrogen-bond acceptors (Lipinski definition) is 9. The number of nitrogens with two attached hydrogens (primary N) is 1. The van der Waals surface area contributed by atoms with E-state index in [1.54, 1.807) is 6.20 Å². The second kappa shape index (κ2) is 13.8. The lowest BCUT2D eigenvalue weighted by molar-refractivity contribution is -0.384. The lowest BCUT2D eigenvalue weighted by atomic mass is 10.1. The van der Waals surface area contributed by atoms with Crippen molar-refractivity contribution in [3.05, 3.63) is 51.6 Å². The molecule has 0 aromatic heterocycles. The van der Waals surface area contributed by atoms with Crippen molar-refractivity contribution in [3.8, 4) is 6.07 Å². The van der Waals surface area contributed by atoms with Crippen LogP contribution in [0.4, 0.5) is 10.5 Å². The quantitative estimate of drug-likeness (QED) is 0.253. The zero-order valence-corrected chi connectivity index (χ0v) is 16.8. The van der Waals surface area contributed by atoms with Crippen molar-refractivity contribution in [1.82, 2.24) is 10.6 Å². The molecule has 1 aromatic carbocycles. The molecular formula is C18H23N5O6S. The second-order valence-electron chi connectivity index (χ2n) is 5.98. The van der Waals surface area contributed by atoms with E-state index in [4.69, 9.17) is 20.8 Å². The topological polar surface area (TPSA) is 181 Å². The SMILES string of the molecule is N#CC1NC=CS1.N[C@@H](CCCCNC(=O)OCc1ccc([N+](=O)[O-])cc1)C(=O)O. The van der Waals surface area contributed by atoms with Crippen LogP contribution in [0.25, 0.3) is 0 Å². The van der Waals surface area contributed by atoms with Gasteiger partial charge in [0.25, 0.3) is 5.69 Å². The summed E-state index contributed by atoms with van der Waals surface area (Å²) in [5.41, 5.74) is 5.95. The summed E-state index contributed by atoms with van der Waals surface area (Å²) >= 11 is 1.49. The van der Waals surface area contributed by atoms with Gasteiger partial charge in [0.1, 0.15) is 12.6 Å². The summed E-state index contributed by atoms with van der Waals surface area (Å²) in [5.74, 6) is -1.04. The van der Waals surface area contributed by atoms with Crippen LogP contribution in [0.15, 0.2) is 35.9 Å². The fourth-order valence-electron chi connectivity index (χ4n) is 2.07. The van der Waals surface area contributed by atoms with Gasteiger partial charge < -0.3 is 26.2 Å². The lowest BCUT2D eigenvalue weighted by Crippen LogP contribution is -2.30. The van der Waals surface area contributed by atoms with Gasteiger partial charge in [-0.25, -0.2) is 4.79 Å². The highest BCUT2D eigenvalue weighted by molar-refractivity contribution is 8.03. The molecule has 0 saturated carbocycles. The van der Waals surface area contributed by atoms with Crippen molar-refractivity contribution in [1.29, 1.82) is 5.26 Å². The molecule has 162 valence electrons. The van der Waals surface area contributed by atoms with Crippen molar-refractivity contribution in [2.24, 2.45) is 5.73 Å². The largest absolute Gasteiger partial charge is 0.480 e. The number of rotatable bonds is 9. The van der Waals surface area contributed by atoms with Crippen LogP contribution < -0.4 is 16.4 Å². The van der Waals surface area contributed by atoms with E-state index in [9.17, 15) is 19.7 Å². The van der Waals surface area contributed by atoms with Crippen LogP contribution in [-0.2, 0) is 16.1 Å². The van der Waals surface area contributed by atoms with Crippen LogP contribution >= 0.6 is 11.8 Å². The summed E-state index contributed by atoms with van der Waals surface area (Å²) in [5, 5.41) is 34.5. The first-order valence-electron chi connectivity index (χ1n) is 8.92. The van der Waals surface area contributed by atoms with Crippen LogP contribution in [0.5, 0.6) is 0 Å². The van der Waals surface area contributed by atoms with E-state index < -0.39 is 23.0 Å². The first-order chi connectivity index (χ1) is 14.3. The van der Waals surface area contributed by atoms with Gasteiger partial charge in [-0.3, -0.25) is 14.9 Å². The number of alkyl carbamates (subject to hydrolysis) is 1. The highest BCUT2D eigenvalue weighted by Gasteiger charge is 2.10. The molecule has 11 nitrogen and oxygen atoms in total. The number of unbranched alkanes of at least 4 members (excludes halogenated alkanes) is 1. The zero-order chi connectivity index (χ0) is 22.4. The fourth-order valence-corrected chi connectivity index (χ4v) is 2.60. The van der Waals surface area contributed by atoms with Gasteiger partial charge in [-0.2, -0.15) is 5.26 Å². The van der Waals surface area contributed by atoms with Crippen molar-refractivity contribution in [3.63, 3.8) is 0 Å². The third kappa shape index (κ3) is 10.3. The van der Waals surface area contributed by atoms with Crippen molar-refractivity contribution >= 4 is 29.5 Å². The first-order valence-corrected chi connectivity index (χ1v) is 9.86. The maximum absolute atomic E-state index is 11.4. The second-order valence-corrected chi connectivity index (χ2v) is 7.00. The molecule has 0 bridgehead atoms. The van der Waals surface area contributed by atoms with E-state index in [-0.39, 0.29) is 17.7 Å². The average Bonchev–Trinajstić information content (AvgIpc) is 3.26. The van der Waals surface area contributed by atoms with Crippen molar-refractivity contribution < 1.29 is 24.4 Å². The number of nitro benzene ring substituents is 1. The minimum Gasteiger partial charge on any atom is -0.480 e. The van der Waals surface area contributed by atoms with Gasteiger partial charge >= 0.3 is 12.1 Å². The van der Waals surface area contributed by atoms with Crippen molar-refractivity contribution in [2.45, 2.75) is 37.3 Å². The van der Waals surface area contributed by atoms with Gasteiger partial charge in [0.05, 0.1) is 11.0 Å². The Morgan fingerprint density at radius 3 is 2.60 bits per heavy atom. The number of aliphatic carboxylic acids is 1. The first kappa shape index (κ1) is 24.7. The van der Waals surface area contributed by atoms with E-state index in [0.717, 1.165) is 0 Å². The summed E-state index contributed by atoms with van der Waals surface area (Å²) in [4.78, 5) is 31.9. The number of nitro groups is 1. The number of hydrogen-bond donors (Lipinski definition) is 4. The molecule has 1 amide bonds. The third-order valence-corrected chi connectivity index (χ3v) is 4.50. The highest BCUT2D eigenvalue weighted by atomic mass is 32.2. The molecule has 0 aliphatic carbocycles. The minimum atomic E-state index is -1.04. The van der Waals surface area contributed by atoms with E-state index in [0.29, 0.717) is 31.4 Å². The Balaban J connectivity index is 0.000000539. The smallest absolute Gasteiger partial charge is 0.407 e. The van der Waals surface area contributed by atoms with E-state index in [2.05, 4.69) is 16.7 Å². The summed E-state index contributed by atoms with van der Waals surface area (Å²) in [7, 11) is 0. The molecule has 5 N–H and O–H groups in total.